The molecule has 0 saturated heterocycles. The number of alkyl halides is 1. The molecule has 1 unspecified atom stereocenters. The Morgan fingerprint density at radius 3 is 2.54 bits per heavy atom. The molecule has 0 bridgehead atoms. The van der Waals surface area contributed by atoms with Crippen molar-refractivity contribution < 1.29 is 8.42 Å². The first-order chi connectivity index (χ1) is 5.95. The number of hydrogen-bond acceptors (Lipinski definition) is 3. The fourth-order valence-electron chi connectivity index (χ4n) is 0.776. The molecule has 76 valence electrons. The quantitative estimate of drug-likeness (QED) is 0.649. The van der Waals surface area contributed by atoms with E-state index in [0.29, 0.717) is 0 Å². The van der Waals surface area contributed by atoms with Crippen molar-refractivity contribution in [2.45, 2.75) is 19.4 Å². The van der Waals surface area contributed by atoms with Gasteiger partial charge in [-0.25, -0.2) is 12.7 Å². The SMILES string of the molecule is CC(CC#N)N(C)S(=O)(=O)CCCl. The molecule has 0 aromatic carbocycles. The summed E-state index contributed by atoms with van der Waals surface area (Å²) in [6, 6.07) is 1.63. The summed E-state index contributed by atoms with van der Waals surface area (Å²) in [5, 5.41) is 8.38. The molecule has 0 aromatic heterocycles. The first-order valence-corrected chi connectivity index (χ1v) is 5.98. The predicted octanol–water partition coefficient (Wildman–Crippen LogP) is 0.789. The summed E-state index contributed by atoms with van der Waals surface area (Å²) in [7, 11) is -1.82. The van der Waals surface area contributed by atoms with Gasteiger partial charge in [-0.3, -0.25) is 0 Å². The van der Waals surface area contributed by atoms with E-state index in [1.165, 1.54) is 11.4 Å². The van der Waals surface area contributed by atoms with Crippen molar-refractivity contribution in [1.82, 2.24) is 4.31 Å². The summed E-state index contributed by atoms with van der Waals surface area (Å²) >= 11 is 5.34. The van der Waals surface area contributed by atoms with E-state index in [1.807, 2.05) is 6.07 Å². The van der Waals surface area contributed by atoms with Crippen LogP contribution in [-0.4, -0.2) is 37.4 Å². The number of rotatable bonds is 5. The van der Waals surface area contributed by atoms with Crippen LogP contribution < -0.4 is 0 Å². The van der Waals surface area contributed by atoms with Crippen LogP contribution in [0.25, 0.3) is 0 Å². The first kappa shape index (κ1) is 12.7. The molecule has 0 aliphatic rings. The molecular formula is C7H13ClN2O2S. The number of sulfonamides is 1. The lowest BCUT2D eigenvalue weighted by molar-refractivity contribution is 0.394. The smallest absolute Gasteiger partial charge is 0.212 e. The Hall–Kier alpha value is -0.310. The van der Waals surface area contributed by atoms with Gasteiger partial charge in [0, 0.05) is 19.0 Å². The maximum absolute atomic E-state index is 11.4. The molecule has 6 heteroatoms. The van der Waals surface area contributed by atoms with E-state index in [1.54, 1.807) is 6.92 Å². The summed E-state index contributed by atoms with van der Waals surface area (Å²) in [5.41, 5.74) is 0. The second-order valence-electron chi connectivity index (χ2n) is 2.73. The normalized spacial score (nSPS) is 14.1. The van der Waals surface area contributed by atoms with Gasteiger partial charge in [-0.05, 0) is 6.92 Å². The van der Waals surface area contributed by atoms with Crippen LogP contribution in [0.1, 0.15) is 13.3 Å². The molecule has 13 heavy (non-hydrogen) atoms. The summed E-state index contributed by atoms with van der Waals surface area (Å²) in [5.74, 6) is -0.00717. The third-order valence-corrected chi connectivity index (χ3v) is 4.15. The van der Waals surface area contributed by atoms with Gasteiger partial charge in [-0.15, -0.1) is 11.6 Å². The Balaban J connectivity index is 4.42. The van der Waals surface area contributed by atoms with Crippen molar-refractivity contribution >= 4 is 21.6 Å². The average Bonchev–Trinajstić information content (AvgIpc) is 2.03. The predicted molar refractivity (Wildman–Crippen MR) is 52.0 cm³/mol. The lowest BCUT2D eigenvalue weighted by atomic mass is 10.3. The minimum absolute atomic E-state index is 0.0753. The molecule has 0 amide bonds. The van der Waals surface area contributed by atoms with Crippen LogP contribution in [0, 0.1) is 11.3 Å². The van der Waals surface area contributed by atoms with E-state index in [-0.39, 0.29) is 24.1 Å². The maximum Gasteiger partial charge on any atom is 0.215 e. The zero-order valence-corrected chi connectivity index (χ0v) is 9.27. The Bertz CT molecular complexity index is 283. The lowest BCUT2D eigenvalue weighted by Gasteiger charge is -2.21. The number of nitriles is 1. The lowest BCUT2D eigenvalue weighted by Crippen LogP contribution is -2.36. The average molecular weight is 225 g/mol. The minimum atomic E-state index is -3.28. The van der Waals surface area contributed by atoms with Crippen molar-refractivity contribution in [2.24, 2.45) is 0 Å². The number of halogens is 1. The molecule has 1 atom stereocenters. The van der Waals surface area contributed by atoms with Crippen LogP contribution in [0.4, 0.5) is 0 Å². The van der Waals surface area contributed by atoms with Crippen LogP contribution in [-0.2, 0) is 10.0 Å². The summed E-state index contributed by atoms with van der Waals surface area (Å²) in [6.45, 7) is 1.69. The molecule has 0 aliphatic heterocycles. The first-order valence-electron chi connectivity index (χ1n) is 3.84. The summed E-state index contributed by atoms with van der Waals surface area (Å²) in [6.07, 6.45) is 0.192. The van der Waals surface area contributed by atoms with E-state index in [0.717, 1.165) is 0 Å². The Morgan fingerprint density at radius 1 is 1.62 bits per heavy atom. The molecule has 0 N–H and O–H groups in total. The highest BCUT2D eigenvalue weighted by atomic mass is 35.5. The van der Waals surface area contributed by atoms with Crippen LogP contribution in [0.5, 0.6) is 0 Å². The van der Waals surface area contributed by atoms with Crippen molar-refractivity contribution in [3.63, 3.8) is 0 Å². The molecule has 0 fully saturated rings. The zero-order chi connectivity index (χ0) is 10.5. The van der Waals surface area contributed by atoms with Gasteiger partial charge in [0.1, 0.15) is 0 Å². The van der Waals surface area contributed by atoms with E-state index in [9.17, 15) is 8.42 Å². The van der Waals surface area contributed by atoms with E-state index >= 15 is 0 Å². The van der Waals surface area contributed by atoms with E-state index in [2.05, 4.69) is 0 Å². The highest BCUT2D eigenvalue weighted by Gasteiger charge is 2.21. The third-order valence-electron chi connectivity index (χ3n) is 1.78. The fourth-order valence-corrected chi connectivity index (χ4v) is 2.47. The summed E-state index contributed by atoms with van der Waals surface area (Å²) < 4.78 is 24.0. The molecule has 0 rings (SSSR count). The molecular weight excluding hydrogens is 212 g/mol. The van der Waals surface area contributed by atoms with Gasteiger partial charge in [0.25, 0.3) is 0 Å². The monoisotopic (exact) mass is 224 g/mol. The minimum Gasteiger partial charge on any atom is -0.212 e. The summed E-state index contributed by atoms with van der Waals surface area (Å²) in [4.78, 5) is 0. The second kappa shape index (κ2) is 5.43. The topological polar surface area (TPSA) is 61.2 Å². The van der Waals surface area contributed by atoms with Crippen molar-refractivity contribution in [2.75, 3.05) is 18.7 Å². The van der Waals surface area contributed by atoms with Gasteiger partial charge in [-0.2, -0.15) is 5.26 Å². The second-order valence-corrected chi connectivity index (χ2v) is 5.26. The highest BCUT2D eigenvalue weighted by molar-refractivity contribution is 7.89. The van der Waals surface area contributed by atoms with Gasteiger partial charge in [0.05, 0.1) is 18.2 Å². The van der Waals surface area contributed by atoms with Gasteiger partial charge in [0.2, 0.25) is 10.0 Å². The largest absolute Gasteiger partial charge is 0.215 e. The fraction of sp³-hybridized carbons (Fsp3) is 0.857. The van der Waals surface area contributed by atoms with Crippen LogP contribution in [0.15, 0.2) is 0 Å². The molecule has 0 saturated carbocycles. The van der Waals surface area contributed by atoms with Crippen molar-refractivity contribution in [3.05, 3.63) is 0 Å². The Morgan fingerprint density at radius 2 is 2.15 bits per heavy atom. The van der Waals surface area contributed by atoms with E-state index in [4.69, 9.17) is 16.9 Å². The molecule has 0 spiro atoms. The number of hydrogen-bond donors (Lipinski definition) is 0. The Kier molecular flexibility index (Phi) is 5.30. The van der Waals surface area contributed by atoms with Crippen LogP contribution in [0.2, 0.25) is 0 Å². The van der Waals surface area contributed by atoms with E-state index < -0.39 is 10.0 Å². The maximum atomic E-state index is 11.4. The molecule has 0 radical (unpaired) electrons. The van der Waals surface area contributed by atoms with Crippen molar-refractivity contribution in [1.29, 1.82) is 5.26 Å². The van der Waals surface area contributed by atoms with Gasteiger partial charge in [0.15, 0.2) is 0 Å². The Labute approximate surface area is 84.1 Å². The third kappa shape index (κ3) is 3.94. The molecule has 0 heterocycles. The van der Waals surface area contributed by atoms with Crippen LogP contribution >= 0.6 is 11.6 Å². The van der Waals surface area contributed by atoms with Gasteiger partial charge in [-0.1, -0.05) is 0 Å². The van der Waals surface area contributed by atoms with Crippen molar-refractivity contribution in [3.8, 4) is 6.07 Å². The standard InChI is InChI=1S/C7H13ClN2O2S/c1-7(3-5-9)10(2)13(11,12)6-4-8/h7H,3-4,6H2,1-2H3. The number of nitrogens with zero attached hydrogens (tertiary/aromatic N) is 2. The highest BCUT2D eigenvalue weighted by Crippen LogP contribution is 2.07. The molecule has 4 nitrogen and oxygen atoms in total. The van der Waals surface area contributed by atoms with Gasteiger partial charge < -0.3 is 0 Å². The van der Waals surface area contributed by atoms with Gasteiger partial charge >= 0.3 is 0 Å². The molecule has 0 aromatic rings. The zero-order valence-electron chi connectivity index (χ0n) is 7.70. The van der Waals surface area contributed by atoms with Crippen LogP contribution in [0.3, 0.4) is 0 Å². The molecule has 0 aliphatic carbocycles.